The summed E-state index contributed by atoms with van der Waals surface area (Å²) in [5.41, 5.74) is 0. The van der Waals surface area contributed by atoms with Crippen molar-refractivity contribution >= 4 is 0 Å². The van der Waals surface area contributed by atoms with Crippen molar-refractivity contribution in [1.82, 2.24) is 4.90 Å². The summed E-state index contributed by atoms with van der Waals surface area (Å²) in [4.78, 5) is 2.23. The third kappa shape index (κ3) is 2.77. The highest BCUT2D eigenvalue weighted by molar-refractivity contribution is 4.76. The van der Waals surface area contributed by atoms with Gasteiger partial charge in [-0.3, -0.25) is 4.90 Å². The van der Waals surface area contributed by atoms with Gasteiger partial charge in [0.1, 0.15) is 0 Å². The van der Waals surface area contributed by atoms with Crippen LogP contribution >= 0.6 is 0 Å². The van der Waals surface area contributed by atoms with E-state index in [-0.39, 0.29) is 6.10 Å². The minimum Gasteiger partial charge on any atom is -0.392 e. The minimum absolute atomic E-state index is 0.217. The Balaban J connectivity index is 2.19. The zero-order valence-electron chi connectivity index (χ0n) is 7.29. The molecule has 3 nitrogen and oxygen atoms in total. The lowest BCUT2D eigenvalue weighted by Gasteiger charge is -2.16. The standard InChI is InChI=1S/C8H17NO2/c1-7(10)5-9-4-3-8(6-9)11-2/h7-8,10H,3-6H2,1-2H3/t7-,8+/m0/s1. The van der Waals surface area contributed by atoms with Gasteiger partial charge >= 0.3 is 0 Å². The first-order chi connectivity index (χ1) is 5.22. The number of nitrogens with zero attached hydrogens (tertiary/aromatic N) is 1. The van der Waals surface area contributed by atoms with E-state index in [9.17, 15) is 0 Å². The van der Waals surface area contributed by atoms with Gasteiger partial charge in [-0.05, 0) is 13.3 Å². The van der Waals surface area contributed by atoms with Gasteiger partial charge < -0.3 is 9.84 Å². The molecule has 1 aliphatic rings. The molecule has 3 heteroatoms. The molecule has 1 rings (SSSR count). The summed E-state index contributed by atoms with van der Waals surface area (Å²) in [6, 6.07) is 0. The van der Waals surface area contributed by atoms with E-state index in [0.717, 1.165) is 26.1 Å². The monoisotopic (exact) mass is 159 g/mol. The third-order valence-electron chi connectivity index (χ3n) is 2.08. The molecule has 0 aromatic heterocycles. The number of aliphatic hydroxyl groups excluding tert-OH is 1. The number of aliphatic hydroxyl groups is 1. The maximum atomic E-state index is 9.09. The largest absolute Gasteiger partial charge is 0.392 e. The van der Waals surface area contributed by atoms with Gasteiger partial charge in [0, 0.05) is 26.7 Å². The van der Waals surface area contributed by atoms with Crippen LogP contribution in [0.15, 0.2) is 0 Å². The Bertz CT molecular complexity index is 117. The normalized spacial score (nSPS) is 29.2. The molecular formula is C8H17NO2. The van der Waals surface area contributed by atoms with Crippen molar-refractivity contribution in [2.45, 2.75) is 25.6 Å². The molecule has 0 aliphatic carbocycles. The molecule has 66 valence electrons. The van der Waals surface area contributed by atoms with Crippen molar-refractivity contribution in [2.24, 2.45) is 0 Å². The Hall–Kier alpha value is -0.120. The molecular weight excluding hydrogens is 142 g/mol. The molecule has 0 radical (unpaired) electrons. The Morgan fingerprint density at radius 3 is 2.91 bits per heavy atom. The van der Waals surface area contributed by atoms with Crippen molar-refractivity contribution in [3.63, 3.8) is 0 Å². The van der Waals surface area contributed by atoms with Gasteiger partial charge in [0.15, 0.2) is 0 Å². The van der Waals surface area contributed by atoms with Crippen LogP contribution in [0.25, 0.3) is 0 Å². The fourth-order valence-corrected chi connectivity index (χ4v) is 1.53. The Kier molecular flexibility index (Phi) is 3.30. The number of hydrogen-bond acceptors (Lipinski definition) is 3. The Labute approximate surface area is 68.0 Å². The second-order valence-electron chi connectivity index (χ2n) is 3.25. The van der Waals surface area contributed by atoms with Gasteiger partial charge in [0.25, 0.3) is 0 Å². The minimum atomic E-state index is -0.217. The second kappa shape index (κ2) is 4.04. The molecule has 0 unspecified atom stereocenters. The molecule has 2 atom stereocenters. The van der Waals surface area contributed by atoms with Crippen LogP contribution in [0.1, 0.15) is 13.3 Å². The molecule has 0 spiro atoms. The summed E-state index contributed by atoms with van der Waals surface area (Å²) in [6.07, 6.45) is 1.27. The Morgan fingerprint density at radius 1 is 1.73 bits per heavy atom. The summed E-state index contributed by atoms with van der Waals surface area (Å²) in [5.74, 6) is 0. The van der Waals surface area contributed by atoms with E-state index in [1.807, 2.05) is 6.92 Å². The number of rotatable bonds is 3. The van der Waals surface area contributed by atoms with E-state index in [1.165, 1.54) is 0 Å². The molecule has 0 aromatic rings. The number of likely N-dealkylation sites (tertiary alicyclic amines) is 1. The molecule has 0 saturated carbocycles. The third-order valence-corrected chi connectivity index (χ3v) is 2.08. The van der Waals surface area contributed by atoms with Gasteiger partial charge in [-0.15, -0.1) is 0 Å². The van der Waals surface area contributed by atoms with E-state index in [0.29, 0.717) is 6.10 Å². The molecule has 1 saturated heterocycles. The molecule has 0 aromatic carbocycles. The lowest BCUT2D eigenvalue weighted by atomic mass is 10.3. The summed E-state index contributed by atoms with van der Waals surface area (Å²) in [6.45, 7) is 4.63. The SMILES string of the molecule is CO[C@@H]1CCN(C[C@H](C)O)C1. The average Bonchev–Trinajstić information content (AvgIpc) is 2.34. The molecule has 0 amide bonds. The molecule has 1 N–H and O–H groups in total. The maximum Gasteiger partial charge on any atom is 0.0710 e. The van der Waals surface area contributed by atoms with E-state index in [1.54, 1.807) is 7.11 Å². The van der Waals surface area contributed by atoms with Crippen molar-refractivity contribution < 1.29 is 9.84 Å². The summed E-state index contributed by atoms with van der Waals surface area (Å²) >= 11 is 0. The molecule has 11 heavy (non-hydrogen) atoms. The highest BCUT2D eigenvalue weighted by Crippen LogP contribution is 2.11. The van der Waals surface area contributed by atoms with Crippen LogP contribution in [0.5, 0.6) is 0 Å². The van der Waals surface area contributed by atoms with Gasteiger partial charge in [-0.1, -0.05) is 0 Å². The lowest BCUT2D eigenvalue weighted by molar-refractivity contribution is 0.0945. The zero-order valence-corrected chi connectivity index (χ0v) is 7.29. The molecule has 1 heterocycles. The van der Waals surface area contributed by atoms with Crippen LogP contribution in [0.4, 0.5) is 0 Å². The van der Waals surface area contributed by atoms with Crippen molar-refractivity contribution in [3.8, 4) is 0 Å². The average molecular weight is 159 g/mol. The number of β-amino-alcohol motifs (C(OH)–C–C–N with tert-alkyl or cyclic N) is 1. The number of methoxy groups -OCH3 is 1. The fraction of sp³-hybridized carbons (Fsp3) is 1.00. The highest BCUT2D eigenvalue weighted by Gasteiger charge is 2.22. The summed E-state index contributed by atoms with van der Waals surface area (Å²) < 4.78 is 5.20. The van der Waals surface area contributed by atoms with E-state index in [2.05, 4.69) is 4.90 Å². The van der Waals surface area contributed by atoms with Crippen LogP contribution in [-0.4, -0.2) is 49.0 Å². The van der Waals surface area contributed by atoms with Gasteiger partial charge in [0.05, 0.1) is 12.2 Å². The molecule has 1 fully saturated rings. The number of ether oxygens (including phenoxy) is 1. The first-order valence-electron chi connectivity index (χ1n) is 4.15. The second-order valence-corrected chi connectivity index (χ2v) is 3.25. The van der Waals surface area contributed by atoms with Crippen LogP contribution in [0, 0.1) is 0 Å². The first-order valence-corrected chi connectivity index (χ1v) is 4.15. The predicted octanol–water partition coefficient (Wildman–Crippen LogP) is 0.0879. The first kappa shape index (κ1) is 8.97. The van der Waals surface area contributed by atoms with Crippen molar-refractivity contribution in [3.05, 3.63) is 0 Å². The fourth-order valence-electron chi connectivity index (χ4n) is 1.53. The lowest BCUT2D eigenvalue weighted by Crippen LogP contribution is -2.29. The van der Waals surface area contributed by atoms with Crippen LogP contribution in [0.2, 0.25) is 0 Å². The zero-order chi connectivity index (χ0) is 8.27. The van der Waals surface area contributed by atoms with Crippen LogP contribution < -0.4 is 0 Å². The van der Waals surface area contributed by atoms with Gasteiger partial charge in [-0.25, -0.2) is 0 Å². The van der Waals surface area contributed by atoms with E-state index < -0.39 is 0 Å². The number of hydrogen-bond donors (Lipinski definition) is 1. The highest BCUT2D eigenvalue weighted by atomic mass is 16.5. The smallest absolute Gasteiger partial charge is 0.0710 e. The maximum absolute atomic E-state index is 9.09. The Morgan fingerprint density at radius 2 is 2.45 bits per heavy atom. The molecule has 0 bridgehead atoms. The van der Waals surface area contributed by atoms with Crippen molar-refractivity contribution in [1.29, 1.82) is 0 Å². The van der Waals surface area contributed by atoms with Gasteiger partial charge in [-0.2, -0.15) is 0 Å². The predicted molar refractivity (Wildman–Crippen MR) is 43.5 cm³/mol. The van der Waals surface area contributed by atoms with Gasteiger partial charge in [0.2, 0.25) is 0 Å². The topological polar surface area (TPSA) is 32.7 Å². The van der Waals surface area contributed by atoms with Crippen LogP contribution in [0.3, 0.4) is 0 Å². The van der Waals surface area contributed by atoms with Crippen molar-refractivity contribution in [2.75, 3.05) is 26.7 Å². The molecule has 1 aliphatic heterocycles. The van der Waals surface area contributed by atoms with E-state index >= 15 is 0 Å². The summed E-state index contributed by atoms with van der Waals surface area (Å²) in [7, 11) is 1.75. The van der Waals surface area contributed by atoms with E-state index in [4.69, 9.17) is 9.84 Å². The summed E-state index contributed by atoms with van der Waals surface area (Å²) in [5, 5.41) is 9.09. The van der Waals surface area contributed by atoms with Crippen LogP contribution in [-0.2, 0) is 4.74 Å². The quantitative estimate of drug-likeness (QED) is 0.633.